The molecular formula is C16H20N4O4S. The Balaban J connectivity index is 1.51. The molecule has 0 atom stereocenters. The van der Waals surface area contributed by atoms with Crippen molar-refractivity contribution in [1.29, 1.82) is 0 Å². The van der Waals surface area contributed by atoms with Gasteiger partial charge in [0.25, 0.3) is 0 Å². The molecule has 2 heterocycles. The highest BCUT2D eigenvalue weighted by Crippen LogP contribution is 2.13. The summed E-state index contributed by atoms with van der Waals surface area (Å²) < 4.78 is 37.4. The number of benzene rings is 1. The maximum absolute atomic E-state index is 12.1. The molecule has 8 nitrogen and oxygen atoms in total. The fourth-order valence-corrected chi connectivity index (χ4v) is 3.19. The molecule has 0 aliphatic carbocycles. The topological polar surface area (TPSA) is 93.7 Å². The minimum Gasteiger partial charge on any atom is -0.492 e. The van der Waals surface area contributed by atoms with Gasteiger partial charge >= 0.3 is 0 Å². The van der Waals surface area contributed by atoms with Crippen molar-refractivity contribution in [2.24, 2.45) is 0 Å². The lowest BCUT2D eigenvalue weighted by Gasteiger charge is -2.26. The smallest absolute Gasteiger partial charge is 0.236 e. The first kappa shape index (κ1) is 17.4. The van der Waals surface area contributed by atoms with Gasteiger partial charge in [-0.3, -0.25) is 4.72 Å². The number of hydrogen-bond donors (Lipinski definition) is 1. The number of aromatic nitrogens is 2. The van der Waals surface area contributed by atoms with E-state index in [9.17, 15) is 8.42 Å². The number of para-hydroxylation sites is 1. The van der Waals surface area contributed by atoms with E-state index in [1.165, 1.54) is 12.4 Å². The third-order valence-corrected chi connectivity index (χ3v) is 4.82. The van der Waals surface area contributed by atoms with Gasteiger partial charge in [-0.15, -0.1) is 0 Å². The van der Waals surface area contributed by atoms with Crippen LogP contribution < -0.4 is 14.4 Å². The molecule has 1 fully saturated rings. The van der Waals surface area contributed by atoms with Crippen LogP contribution in [0, 0.1) is 0 Å². The van der Waals surface area contributed by atoms with Crippen molar-refractivity contribution in [3.05, 3.63) is 42.7 Å². The average Bonchev–Trinajstić information content (AvgIpc) is 2.63. The summed E-state index contributed by atoms with van der Waals surface area (Å²) in [5, 5.41) is 0. The van der Waals surface area contributed by atoms with Crippen LogP contribution >= 0.6 is 0 Å². The van der Waals surface area contributed by atoms with Gasteiger partial charge in [0.1, 0.15) is 18.1 Å². The SMILES string of the molecule is O=S(=O)(CCOc1ccccc1)Nc1cnc(N2CCOCC2)nc1. The predicted octanol–water partition coefficient (Wildman–Crippen LogP) is 1.13. The highest BCUT2D eigenvalue weighted by molar-refractivity contribution is 7.92. The summed E-state index contributed by atoms with van der Waals surface area (Å²) >= 11 is 0. The Morgan fingerprint density at radius 1 is 1.12 bits per heavy atom. The second-order valence-corrected chi connectivity index (χ2v) is 7.30. The second-order valence-electron chi connectivity index (χ2n) is 5.45. The molecule has 0 unspecified atom stereocenters. The maximum Gasteiger partial charge on any atom is 0.236 e. The molecule has 1 aliphatic rings. The van der Waals surface area contributed by atoms with Crippen LogP contribution in [0.4, 0.5) is 11.6 Å². The van der Waals surface area contributed by atoms with E-state index in [-0.39, 0.29) is 12.4 Å². The van der Waals surface area contributed by atoms with Crippen molar-refractivity contribution in [2.75, 3.05) is 48.3 Å². The molecule has 3 rings (SSSR count). The summed E-state index contributed by atoms with van der Waals surface area (Å²) in [6, 6.07) is 9.08. The van der Waals surface area contributed by atoms with Gasteiger partial charge in [-0.1, -0.05) is 18.2 Å². The molecule has 0 bridgehead atoms. The summed E-state index contributed by atoms with van der Waals surface area (Å²) in [6.07, 6.45) is 2.93. The molecule has 1 aromatic heterocycles. The van der Waals surface area contributed by atoms with E-state index < -0.39 is 10.0 Å². The lowest BCUT2D eigenvalue weighted by Crippen LogP contribution is -2.37. The summed E-state index contributed by atoms with van der Waals surface area (Å²) in [7, 11) is -3.53. The predicted molar refractivity (Wildman–Crippen MR) is 94.4 cm³/mol. The third kappa shape index (κ3) is 5.30. The second kappa shape index (κ2) is 8.13. The van der Waals surface area contributed by atoms with Crippen LogP contribution in [-0.2, 0) is 14.8 Å². The Hall–Kier alpha value is -2.39. The zero-order chi connectivity index (χ0) is 17.5. The number of nitrogens with zero attached hydrogens (tertiary/aromatic N) is 3. The van der Waals surface area contributed by atoms with Crippen molar-refractivity contribution in [1.82, 2.24) is 9.97 Å². The van der Waals surface area contributed by atoms with Gasteiger partial charge in [0.2, 0.25) is 16.0 Å². The maximum atomic E-state index is 12.1. The van der Waals surface area contributed by atoms with E-state index in [2.05, 4.69) is 14.7 Å². The van der Waals surface area contributed by atoms with Gasteiger partial charge in [0.05, 0.1) is 31.3 Å². The Morgan fingerprint density at radius 3 is 2.48 bits per heavy atom. The van der Waals surface area contributed by atoms with E-state index >= 15 is 0 Å². The molecule has 0 radical (unpaired) electrons. The number of rotatable bonds is 7. The number of ether oxygens (including phenoxy) is 2. The first-order chi connectivity index (χ1) is 12.1. The van der Waals surface area contributed by atoms with Crippen LogP contribution in [0.3, 0.4) is 0 Å². The molecule has 9 heteroatoms. The van der Waals surface area contributed by atoms with Crippen molar-refractivity contribution in [3.63, 3.8) is 0 Å². The van der Waals surface area contributed by atoms with Crippen LogP contribution in [0.15, 0.2) is 42.7 Å². The molecule has 0 spiro atoms. The van der Waals surface area contributed by atoms with Crippen LogP contribution in [0.2, 0.25) is 0 Å². The standard InChI is InChI=1S/C16H20N4O4S/c21-25(22,11-10-24-15-4-2-1-3-5-15)19-14-12-17-16(18-13-14)20-6-8-23-9-7-20/h1-5,12-13,19H,6-11H2. The van der Waals surface area contributed by atoms with Gasteiger partial charge in [-0.25, -0.2) is 18.4 Å². The molecule has 1 aromatic carbocycles. The Labute approximate surface area is 146 Å². The lowest BCUT2D eigenvalue weighted by molar-refractivity contribution is 0.122. The monoisotopic (exact) mass is 364 g/mol. The van der Waals surface area contributed by atoms with Gasteiger partial charge in [-0.2, -0.15) is 0 Å². The molecule has 0 saturated carbocycles. The van der Waals surface area contributed by atoms with Crippen LogP contribution in [0.1, 0.15) is 0 Å². The largest absolute Gasteiger partial charge is 0.492 e. The summed E-state index contributed by atoms with van der Waals surface area (Å²) in [5.74, 6) is 1.04. The normalized spacial score (nSPS) is 15.0. The minimum absolute atomic E-state index is 0.0616. The first-order valence-electron chi connectivity index (χ1n) is 7.95. The first-order valence-corrected chi connectivity index (χ1v) is 9.61. The molecule has 1 aliphatic heterocycles. The number of anilines is 2. The van der Waals surface area contributed by atoms with Crippen molar-refractivity contribution in [3.8, 4) is 5.75 Å². The zero-order valence-electron chi connectivity index (χ0n) is 13.7. The molecule has 2 aromatic rings. The van der Waals surface area contributed by atoms with E-state index in [1.54, 1.807) is 12.1 Å². The molecular weight excluding hydrogens is 344 g/mol. The molecule has 1 N–H and O–H groups in total. The highest BCUT2D eigenvalue weighted by Gasteiger charge is 2.15. The minimum atomic E-state index is -3.53. The van der Waals surface area contributed by atoms with Crippen molar-refractivity contribution in [2.45, 2.75) is 0 Å². The van der Waals surface area contributed by atoms with Crippen LogP contribution in [0.25, 0.3) is 0 Å². The summed E-state index contributed by atoms with van der Waals surface area (Å²) in [6.45, 7) is 2.79. The number of hydrogen-bond acceptors (Lipinski definition) is 7. The fraction of sp³-hybridized carbons (Fsp3) is 0.375. The van der Waals surface area contributed by atoms with E-state index in [0.29, 0.717) is 30.6 Å². The van der Waals surface area contributed by atoms with Crippen LogP contribution in [0.5, 0.6) is 5.75 Å². The number of morpholine rings is 1. The Bertz CT molecular complexity index is 762. The van der Waals surface area contributed by atoms with Gasteiger partial charge in [0.15, 0.2) is 0 Å². The number of sulfonamides is 1. The van der Waals surface area contributed by atoms with E-state index in [0.717, 1.165) is 13.1 Å². The van der Waals surface area contributed by atoms with E-state index in [1.807, 2.05) is 23.1 Å². The van der Waals surface area contributed by atoms with Crippen molar-refractivity contribution >= 4 is 21.7 Å². The Morgan fingerprint density at radius 2 is 1.80 bits per heavy atom. The fourth-order valence-electron chi connectivity index (χ4n) is 2.32. The van der Waals surface area contributed by atoms with Crippen molar-refractivity contribution < 1.29 is 17.9 Å². The zero-order valence-corrected chi connectivity index (χ0v) is 14.5. The molecule has 0 amide bonds. The van der Waals surface area contributed by atoms with Crippen LogP contribution in [-0.4, -0.2) is 57.0 Å². The molecule has 25 heavy (non-hydrogen) atoms. The molecule has 1 saturated heterocycles. The van der Waals surface area contributed by atoms with Gasteiger partial charge < -0.3 is 14.4 Å². The lowest BCUT2D eigenvalue weighted by atomic mass is 10.3. The quantitative estimate of drug-likeness (QED) is 0.787. The summed E-state index contributed by atoms with van der Waals surface area (Å²) in [5.41, 5.74) is 0.330. The molecule has 134 valence electrons. The van der Waals surface area contributed by atoms with Gasteiger partial charge in [0, 0.05) is 13.1 Å². The van der Waals surface area contributed by atoms with E-state index in [4.69, 9.17) is 9.47 Å². The average molecular weight is 364 g/mol. The summed E-state index contributed by atoms with van der Waals surface area (Å²) in [4.78, 5) is 10.4. The number of nitrogens with one attached hydrogen (secondary N) is 1. The third-order valence-electron chi connectivity index (χ3n) is 3.57. The Kier molecular flexibility index (Phi) is 5.67. The van der Waals surface area contributed by atoms with Gasteiger partial charge in [-0.05, 0) is 12.1 Å². The highest BCUT2D eigenvalue weighted by atomic mass is 32.2.